The number of fused-ring (bicyclic) bond motifs is 1. The number of benzene rings is 1. The second-order valence-corrected chi connectivity index (χ2v) is 4.96. The minimum atomic E-state index is 0.153. The fourth-order valence-corrected chi connectivity index (χ4v) is 2.69. The van der Waals surface area contributed by atoms with Crippen molar-refractivity contribution in [3.63, 3.8) is 0 Å². The van der Waals surface area contributed by atoms with Crippen molar-refractivity contribution in [2.45, 2.75) is 6.54 Å². The number of thiazole rings is 1. The van der Waals surface area contributed by atoms with E-state index < -0.39 is 0 Å². The molecule has 0 radical (unpaired) electrons. The summed E-state index contributed by atoms with van der Waals surface area (Å²) >= 11 is 3.09. The van der Waals surface area contributed by atoms with E-state index in [9.17, 15) is 4.79 Å². The van der Waals surface area contributed by atoms with Gasteiger partial charge in [0.05, 0.1) is 10.2 Å². The van der Waals surface area contributed by atoms with Gasteiger partial charge in [0.2, 0.25) is 0 Å². The minimum absolute atomic E-state index is 0.153. The molecule has 2 nitrogen and oxygen atoms in total. The Bertz CT molecular complexity index is 486. The summed E-state index contributed by atoms with van der Waals surface area (Å²) in [4.78, 5) is 11.8. The molecule has 0 aliphatic rings. The SMILES string of the molecule is CSCCn1c(=O)sc2ccccc21. The summed E-state index contributed by atoms with van der Waals surface area (Å²) in [6.45, 7) is 0.810. The fourth-order valence-electron chi connectivity index (χ4n) is 1.41. The number of rotatable bonds is 3. The maximum absolute atomic E-state index is 11.6. The first kappa shape index (κ1) is 9.80. The normalized spacial score (nSPS) is 10.9. The zero-order valence-corrected chi connectivity index (χ0v) is 9.53. The lowest BCUT2D eigenvalue weighted by atomic mass is 10.3. The van der Waals surface area contributed by atoms with Crippen LogP contribution in [0.15, 0.2) is 29.1 Å². The van der Waals surface area contributed by atoms with Gasteiger partial charge in [0, 0.05) is 12.3 Å². The molecule has 1 aromatic carbocycles. The van der Waals surface area contributed by atoms with Crippen LogP contribution < -0.4 is 4.87 Å². The van der Waals surface area contributed by atoms with Gasteiger partial charge in [0.1, 0.15) is 0 Å². The van der Waals surface area contributed by atoms with Gasteiger partial charge in [-0.1, -0.05) is 23.5 Å². The van der Waals surface area contributed by atoms with Crippen LogP contribution in [-0.2, 0) is 6.54 Å². The highest BCUT2D eigenvalue weighted by atomic mass is 32.2. The van der Waals surface area contributed by atoms with Gasteiger partial charge in [0.15, 0.2) is 0 Å². The van der Waals surface area contributed by atoms with Gasteiger partial charge < -0.3 is 0 Å². The Labute approximate surface area is 90.6 Å². The molecule has 1 aromatic heterocycles. The molecule has 0 spiro atoms. The van der Waals surface area contributed by atoms with E-state index in [2.05, 4.69) is 6.26 Å². The molecule has 2 rings (SSSR count). The van der Waals surface area contributed by atoms with Crippen molar-refractivity contribution in [3.8, 4) is 0 Å². The molecular formula is C10H11NOS2. The van der Waals surface area contributed by atoms with E-state index in [-0.39, 0.29) is 4.87 Å². The third-order valence-corrected chi connectivity index (χ3v) is 3.64. The molecule has 0 atom stereocenters. The monoisotopic (exact) mass is 225 g/mol. The van der Waals surface area contributed by atoms with Crippen LogP contribution in [-0.4, -0.2) is 16.6 Å². The summed E-state index contributed by atoms with van der Waals surface area (Å²) in [6, 6.07) is 7.95. The third-order valence-electron chi connectivity index (χ3n) is 2.09. The first-order chi connectivity index (χ1) is 6.83. The molecule has 1 heterocycles. The number of thioether (sulfide) groups is 1. The highest BCUT2D eigenvalue weighted by molar-refractivity contribution is 7.98. The molecule has 0 amide bonds. The average Bonchev–Trinajstić information content (AvgIpc) is 2.51. The highest BCUT2D eigenvalue weighted by Gasteiger charge is 2.04. The molecule has 4 heteroatoms. The maximum atomic E-state index is 11.6. The number of aryl methyl sites for hydroxylation is 1. The molecule has 0 aliphatic carbocycles. The van der Waals surface area contributed by atoms with E-state index in [1.165, 1.54) is 11.3 Å². The van der Waals surface area contributed by atoms with Gasteiger partial charge in [0.25, 0.3) is 0 Å². The van der Waals surface area contributed by atoms with Crippen LogP contribution in [0.4, 0.5) is 0 Å². The number of para-hydroxylation sites is 1. The van der Waals surface area contributed by atoms with Crippen LogP contribution >= 0.6 is 23.1 Å². The lowest BCUT2D eigenvalue weighted by molar-refractivity contribution is 0.788. The first-order valence-corrected chi connectivity index (χ1v) is 6.61. The summed E-state index contributed by atoms with van der Waals surface area (Å²) < 4.78 is 2.94. The maximum Gasteiger partial charge on any atom is 0.308 e. The average molecular weight is 225 g/mol. The van der Waals surface area contributed by atoms with E-state index >= 15 is 0 Å². The molecular weight excluding hydrogens is 214 g/mol. The lowest BCUT2D eigenvalue weighted by Gasteiger charge is -2.00. The summed E-state index contributed by atoms with van der Waals surface area (Å²) in [5.41, 5.74) is 1.07. The van der Waals surface area contributed by atoms with E-state index in [4.69, 9.17) is 0 Å². The van der Waals surface area contributed by atoms with E-state index in [1.54, 1.807) is 11.8 Å². The van der Waals surface area contributed by atoms with Crippen molar-refractivity contribution in [1.29, 1.82) is 0 Å². The first-order valence-electron chi connectivity index (χ1n) is 4.40. The number of hydrogen-bond acceptors (Lipinski definition) is 3. The van der Waals surface area contributed by atoms with Crippen LogP contribution in [0.3, 0.4) is 0 Å². The molecule has 0 unspecified atom stereocenters. The second kappa shape index (κ2) is 4.19. The van der Waals surface area contributed by atoms with E-state index in [0.717, 1.165) is 22.5 Å². The van der Waals surface area contributed by atoms with Gasteiger partial charge in [-0.2, -0.15) is 11.8 Å². The summed E-state index contributed by atoms with van der Waals surface area (Å²) in [7, 11) is 0. The van der Waals surface area contributed by atoms with Gasteiger partial charge in [-0.25, -0.2) is 0 Å². The van der Waals surface area contributed by atoms with E-state index in [1.807, 2.05) is 28.8 Å². The Balaban J connectivity index is 2.51. The predicted molar refractivity (Wildman–Crippen MR) is 64.5 cm³/mol. The highest BCUT2D eigenvalue weighted by Crippen LogP contribution is 2.16. The summed E-state index contributed by atoms with van der Waals surface area (Å²) in [5.74, 6) is 0.987. The Kier molecular flexibility index (Phi) is 2.93. The zero-order valence-electron chi connectivity index (χ0n) is 7.90. The largest absolute Gasteiger partial charge is 0.308 e. The van der Waals surface area contributed by atoms with Crippen LogP contribution in [0.1, 0.15) is 0 Å². The Hall–Kier alpha value is -0.740. The van der Waals surface area contributed by atoms with Gasteiger partial charge in [-0.15, -0.1) is 0 Å². The van der Waals surface area contributed by atoms with Gasteiger partial charge >= 0.3 is 4.87 Å². The van der Waals surface area contributed by atoms with E-state index in [0.29, 0.717) is 0 Å². The van der Waals surface area contributed by atoms with Crippen LogP contribution in [0.2, 0.25) is 0 Å². The molecule has 0 aliphatic heterocycles. The summed E-state index contributed by atoms with van der Waals surface area (Å²) in [5, 5.41) is 0. The quantitative estimate of drug-likeness (QED) is 0.800. The van der Waals surface area contributed by atoms with Crippen molar-refractivity contribution in [2.24, 2.45) is 0 Å². The van der Waals surface area contributed by atoms with Crippen molar-refractivity contribution in [1.82, 2.24) is 4.57 Å². The van der Waals surface area contributed by atoms with Crippen molar-refractivity contribution in [2.75, 3.05) is 12.0 Å². The van der Waals surface area contributed by atoms with Gasteiger partial charge in [-0.3, -0.25) is 9.36 Å². The number of nitrogens with zero attached hydrogens (tertiary/aromatic N) is 1. The molecule has 0 N–H and O–H groups in total. The molecule has 0 bridgehead atoms. The van der Waals surface area contributed by atoms with Crippen LogP contribution in [0.5, 0.6) is 0 Å². The molecule has 0 saturated heterocycles. The van der Waals surface area contributed by atoms with Crippen molar-refractivity contribution in [3.05, 3.63) is 33.9 Å². The number of aromatic nitrogens is 1. The predicted octanol–water partition coefficient (Wildman–Crippen LogP) is 2.43. The smallest absolute Gasteiger partial charge is 0.298 e. The summed E-state index contributed by atoms with van der Waals surface area (Å²) in [6.07, 6.45) is 2.06. The van der Waals surface area contributed by atoms with Gasteiger partial charge in [-0.05, 0) is 18.4 Å². The Morgan fingerprint density at radius 2 is 2.21 bits per heavy atom. The van der Waals surface area contributed by atoms with Crippen LogP contribution in [0.25, 0.3) is 10.2 Å². The molecule has 0 saturated carbocycles. The molecule has 74 valence electrons. The molecule has 14 heavy (non-hydrogen) atoms. The molecule has 2 aromatic rings. The second-order valence-electron chi connectivity index (χ2n) is 2.98. The Morgan fingerprint density at radius 3 is 3.00 bits per heavy atom. The third kappa shape index (κ3) is 1.72. The standard InChI is InChI=1S/C10H11NOS2/c1-13-7-6-11-8-4-2-3-5-9(8)14-10(11)12/h2-5H,6-7H2,1H3. The minimum Gasteiger partial charge on any atom is -0.298 e. The molecule has 0 fully saturated rings. The van der Waals surface area contributed by atoms with Crippen molar-refractivity contribution >= 4 is 33.3 Å². The van der Waals surface area contributed by atoms with Crippen molar-refractivity contribution < 1.29 is 0 Å². The topological polar surface area (TPSA) is 22.0 Å². The zero-order chi connectivity index (χ0) is 9.97. The lowest BCUT2D eigenvalue weighted by Crippen LogP contribution is -2.13. The van der Waals surface area contributed by atoms with Crippen LogP contribution in [0, 0.1) is 0 Å². The Morgan fingerprint density at radius 1 is 1.43 bits per heavy atom. The number of hydrogen-bond donors (Lipinski definition) is 0. The fraction of sp³-hybridized carbons (Fsp3) is 0.300.